The standard InChI is InChI=1S/C11H12F3N3O/c12-11(13,14)8-3-5-17(6-4-8)10-2-1-9(7-18)15-16-10/h1-3,18H,4-7H2. The number of aliphatic hydroxyl groups is 1. The third-order valence-electron chi connectivity index (χ3n) is 2.76. The van der Waals surface area contributed by atoms with Gasteiger partial charge in [-0.2, -0.15) is 18.3 Å². The van der Waals surface area contributed by atoms with E-state index >= 15 is 0 Å². The van der Waals surface area contributed by atoms with E-state index in [1.807, 2.05) is 0 Å². The molecule has 1 aromatic heterocycles. The van der Waals surface area contributed by atoms with Crippen LogP contribution in [0.4, 0.5) is 19.0 Å². The first-order valence-corrected chi connectivity index (χ1v) is 5.45. The van der Waals surface area contributed by atoms with Gasteiger partial charge in [0.15, 0.2) is 5.82 Å². The van der Waals surface area contributed by atoms with Crippen LogP contribution in [0, 0.1) is 0 Å². The second-order valence-corrected chi connectivity index (χ2v) is 3.96. The highest BCUT2D eigenvalue weighted by molar-refractivity contribution is 5.40. The number of alkyl halides is 3. The van der Waals surface area contributed by atoms with Gasteiger partial charge < -0.3 is 10.0 Å². The van der Waals surface area contributed by atoms with Gasteiger partial charge in [0.1, 0.15) is 0 Å². The van der Waals surface area contributed by atoms with Crippen LogP contribution in [0.3, 0.4) is 0 Å². The Morgan fingerprint density at radius 3 is 2.50 bits per heavy atom. The molecular formula is C11H12F3N3O. The molecule has 0 amide bonds. The molecule has 0 aromatic carbocycles. The normalized spacial score (nSPS) is 16.7. The van der Waals surface area contributed by atoms with E-state index in [-0.39, 0.29) is 26.1 Å². The Bertz CT molecular complexity index is 442. The van der Waals surface area contributed by atoms with Gasteiger partial charge in [0.2, 0.25) is 0 Å². The second kappa shape index (κ2) is 4.93. The molecule has 1 aliphatic heterocycles. The van der Waals surface area contributed by atoms with E-state index < -0.39 is 11.7 Å². The molecule has 1 aromatic rings. The van der Waals surface area contributed by atoms with Crippen LogP contribution in [0.1, 0.15) is 12.1 Å². The zero-order valence-electron chi connectivity index (χ0n) is 9.48. The highest BCUT2D eigenvalue weighted by Crippen LogP contribution is 2.30. The summed E-state index contributed by atoms with van der Waals surface area (Å²) in [6.07, 6.45) is -3.11. The lowest BCUT2D eigenvalue weighted by molar-refractivity contribution is -0.0944. The minimum atomic E-state index is -4.24. The molecule has 0 spiro atoms. The summed E-state index contributed by atoms with van der Waals surface area (Å²) in [6, 6.07) is 3.25. The molecule has 1 aliphatic rings. The van der Waals surface area contributed by atoms with E-state index in [0.717, 1.165) is 0 Å². The van der Waals surface area contributed by atoms with Crippen molar-refractivity contribution in [3.63, 3.8) is 0 Å². The maximum Gasteiger partial charge on any atom is 0.412 e. The smallest absolute Gasteiger partial charge is 0.390 e. The molecule has 2 rings (SSSR count). The number of aliphatic hydroxyl groups excluding tert-OH is 1. The van der Waals surface area contributed by atoms with Crippen molar-refractivity contribution in [3.8, 4) is 0 Å². The van der Waals surface area contributed by atoms with Gasteiger partial charge in [0, 0.05) is 18.7 Å². The third-order valence-corrected chi connectivity index (χ3v) is 2.76. The van der Waals surface area contributed by atoms with E-state index in [2.05, 4.69) is 10.2 Å². The van der Waals surface area contributed by atoms with Crippen molar-refractivity contribution in [1.29, 1.82) is 0 Å². The maximum absolute atomic E-state index is 12.4. The summed E-state index contributed by atoms with van der Waals surface area (Å²) >= 11 is 0. The SMILES string of the molecule is OCc1ccc(N2CC=C(C(F)(F)F)CC2)nn1. The molecule has 0 fully saturated rings. The Morgan fingerprint density at radius 2 is 2.06 bits per heavy atom. The molecule has 0 unspecified atom stereocenters. The van der Waals surface area contributed by atoms with Crippen LogP contribution < -0.4 is 4.90 Å². The number of nitrogens with zero attached hydrogens (tertiary/aromatic N) is 3. The Kier molecular flexibility index (Phi) is 3.51. The first kappa shape index (κ1) is 12.8. The fraction of sp³-hybridized carbons (Fsp3) is 0.455. The number of aromatic nitrogens is 2. The van der Waals surface area contributed by atoms with Gasteiger partial charge in [-0.25, -0.2) is 0 Å². The fourth-order valence-electron chi connectivity index (χ4n) is 1.74. The largest absolute Gasteiger partial charge is 0.412 e. The Morgan fingerprint density at radius 1 is 1.28 bits per heavy atom. The van der Waals surface area contributed by atoms with Crippen LogP contribution in [0.2, 0.25) is 0 Å². The van der Waals surface area contributed by atoms with Crippen LogP contribution >= 0.6 is 0 Å². The molecule has 4 nitrogen and oxygen atoms in total. The summed E-state index contributed by atoms with van der Waals surface area (Å²) in [6.45, 7) is 0.228. The van der Waals surface area contributed by atoms with Crippen LogP contribution in [0.15, 0.2) is 23.8 Å². The van der Waals surface area contributed by atoms with E-state index in [1.54, 1.807) is 17.0 Å². The number of rotatable bonds is 2. The van der Waals surface area contributed by atoms with Crippen LogP contribution in [0.25, 0.3) is 0 Å². The van der Waals surface area contributed by atoms with Gasteiger partial charge >= 0.3 is 6.18 Å². The Balaban J connectivity index is 2.07. The number of hydrogen-bond donors (Lipinski definition) is 1. The van der Waals surface area contributed by atoms with E-state index in [9.17, 15) is 13.2 Å². The van der Waals surface area contributed by atoms with E-state index in [1.165, 1.54) is 6.08 Å². The molecule has 0 radical (unpaired) electrons. The van der Waals surface area contributed by atoms with Crippen LogP contribution in [-0.4, -0.2) is 34.6 Å². The van der Waals surface area contributed by atoms with Gasteiger partial charge in [0.05, 0.1) is 12.3 Å². The molecule has 0 saturated carbocycles. The van der Waals surface area contributed by atoms with Crippen molar-refractivity contribution >= 4 is 5.82 Å². The summed E-state index contributed by atoms with van der Waals surface area (Å²) in [5, 5.41) is 16.4. The summed E-state index contributed by atoms with van der Waals surface area (Å²) in [7, 11) is 0. The van der Waals surface area contributed by atoms with Crippen molar-refractivity contribution in [1.82, 2.24) is 10.2 Å². The summed E-state index contributed by atoms with van der Waals surface area (Å²) < 4.78 is 37.3. The second-order valence-electron chi connectivity index (χ2n) is 3.96. The molecule has 2 heterocycles. The minimum absolute atomic E-state index is 0.0487. The number of anilines is 1. The molecule has 0 aliphatic carbocycles. The number of halogens is 3. The first-order chi connectivity index (χ1) is 8.50. The molecule has 0 atom stereocenters. The van der Waals surface area contributed by atoms with Crippen molar-refractivity contribution in [2.45, 2.75) is 19.2 Å². The van der Waals surface area contributed by atoms with Gasteiger partial charge in [-0.3, -0.25) is 0 Å². The average molecular weight is 259 g/mol. The van der Waals surface area contributed by atoms with Crippen molar-refractivity contribution in [2.75, 3.05) is 18.0 Å². The van der Waals surface area contributed by atoms with E-state index in [0.29, 0.717) is 11.5 Å². The Labute approximate surface area is 102 Å². The highest BCUT2D eigenvalue weighted by atomic mass is 19.4. The molecule has 0 bridgehead atoms. The zero-order valence-corrected chi connectivity index (χ0v) is 9.48. The van der Waals surface area contributed by atoms with Gasteiger partial charge in [-0.1, -0.05) is 6.08 Å². The third kappa shape index (κ3) is 2.79. The maximum atomic E-state index is 12.4. The van der Waals surface area contributed by atoms with Gasteiger partial charge in [-0.15, -0.1) is 5.10 Å². The summed E-state index contributed by atoms with van der Waals surface area (Å²) in [5.74, 6) is 0.518. The van der Waals surface area contributed by atoms with Gasteiger partial charge in [0.25, 0.3) is 0 Å². The minimum Gasteiger partial charge on any atom is -0.390 e. The monoisotopic (exact) mass is 259 g/mol. The van der Waals surface area contributed by atoms with Crippen molar-refractivity contribution in [3.05, 3.63) is 29.5 Å². The van der Waals surface area contributed by atoms with Gasteiger partial charge in [-0.05, 0) is 18.6 Å². The first-order valence-electron chi connectivity index (χ1n) is 5.45. The van der Waals surface area contributed by atoms with Crippen LogP contribution in [-0.2, 0) is 6.61 Å². The molecule has 0 saturated heterocycles. The summed E-state index contributed by atoms with van der Waals surface area (Å²) in [4.78, 5) is 1.71. The highest BCUT2D eigenvalue weighted by Gasteiger charge is 2.34. The lowest BCUT2D eigenvalue weighted by Crippen LogP contribution is -2.32. The Hall–Kier alpha value is -1.63. The zero-order chi connectivity index (χ0) is 13.2. The molecule has 98 valence electrons. The molecular weight excluding hydrogens is 247 g/mol. The average Bonchev–Trinajstić information content (AvgIpc) is 2.38. The molecule has 1 N–H and O–H groups in total. The lowest BCUT2D eigenvalue weighted by atomic mass is 10.1. The van der Waals surface area contributed by atoms with E-state index in [4.69, 9.17) is 5.11 Å². The van der Waals surface area contributed by atoms with Crippen molar-refractivity contribution < 1.29 is 18.3 Å². The summed E-state index contributed by atoms with van der Waals surface area (Å²) in [5.41, 5.74) is -0.0547. The predicted octanol–water partition coefficient (Wildman–Crippen LogP) is 1.67. The number of hydrogen-bond acceptors (Lipinski definition) is 4. The lowest BCUT2D eigenvalue weighted by Gasteiger charge is -2.27. The molecule has 18 heavy (non-hydrogen) atoms. The fourth-order valence-corrected chi connectivity index (χ4v) is 1.74. The van der Waals surface area contributed by atoms with Crippen molar-refractivity contribution in [2.24, 2.45) is 0 Å². The quantitative estimate of drug-likeness (QED) is 0.821. The van der Waals surface area contributed by atoms with Crippen LogP contribution in [0.5, 0.6) is 0 Å². The molecule has 7 heteroatoms. The predicted molar refractivity (Wildman–Crippen MR) is 58.9 cm³/mol. The topological polar surface area (TPSA) is 49.2 Å².